The number of carbonyl (C=O) groups is 1. The first-order valence-electron chi connectivity index (χ1n) is 7.58. The van der Waals surface area contributed by atoms with Crippen LogP contribution in [-0.2, 0) is 11.3 Å². The maximum Gasteiger partial charge on any atom is 0.265 e. The third-order valence-electron chi connectivity index (χ3n) is 3.51. The smallest absolute Gasteiger partial charge is 0.265 e. The molecule has 0 atom stereocenters. The van der Waals surface area contributed by atoms with Gasteiger partial charge in [-0.2, -0.15) is 0 Å². The Morgan fingerprint density at radius 2 is 1.80 bits per heavy atom. The van der Waals surface area contributed by atoms with E-state index in [0.29, 0.717) is 22.2 Å². The van der Waals surface area contributed by atoms with E-state index in [1.807, 2.05) is 0 Å². The van der Waals surface area contributed by atoms with Crippen molar-refractivity contribution in [2.75, 3.05) is 11.5 Å². The van der Waals surface area contributed by atoms with Gasteiger partial charge < -0.3 is 14.1 Å². The summed E-state index contributed by atoms with van der Waals surface area (Å²) in [4.78, 5) is 14.2. The highest BCUT2D eigenvalue weighted by molar-refractivity contribution is 6.30. The predicted molar refractivity (Wildman–Crippen MR) is 93.2 cm³/mol. The normalized spacial score (nSPS) is 10.5. The van der Waals surface area contributed by atoms with Crippen molar-refractivity contribution < 1.29 is 18.3 Å². The van der Waals surface area contributed by atoms with E-state index in [1.165, 1.54) is 24.3 Å². The molecule has 0 saturated heterocycles. The van der Waals surface area contributed by atoms with Crippen LogP contribution in [0, 0.1) is 5.82 Å². The van der Waals surface area contributed by atoms with E-state index in [4.69, 9.17) is 20.8 Å². The van der Waals surface area contributed by atoms with E-state index in [-0.39, 0.29) is 24.9 Å². The van der Waals surface area contributed by atoms with Crippen LogP contribution in [0.25, 0.3) is 0 Å². The Hall–Kier alpha value is -2.79. The Kier molecular flexibility index (Phi) is 5.36. The first-order valence-corrected chi connectivity index (χ1v) is 7.96. The molecule has 3 rings (SSSR count). The van der Waals surface area contributed by atoms with Gasteiger partial charge in [-0.25, -0.2) is 4.39 Å². The first kappa shape index (κ1) is 17.0. The second-order valence-corrected chi connectivity index (χ2v) is 5.71. The van der Waals surface area contributed by atoms with E-state index in [0.717, 1.165) is 0 Å². The number of rotatable bonds is 6. The molecular weight excluding hydrogens is 345 g/mol. The highest BCUT2D eigenvalue weighted by atomic mass is 35.5. The average Bonchev–Trinajstić information content (AvgIpc) is 3.13. The molecule has 0 aliphatic rings. The summed E-state index contributed by atoms with van der Waals surface area (Å²) >= 11 is 5.92. The lowest BCUT2D eigenvalue weighted by molar-refractivity contribution is -0.120. The molecule has 0 radical (unpaired) electrons. The molecule has 1 amide bonds. The number of furan rings is 1. The van der Waals surface area contributed by atoms with Crippen LogP contribution in [0.5, 0.6) is 5.75 Å². The van der Waals surface area contributed by atoms with Crippen LogP contribution in [0.3, 0.4) is 0 Å². The summed E-state index contributed by atoms with van der Waals surface area (Å²) in [7, 11) is 0. The molecule has 0 unspecified atom stereocenters. The van der Waals surface area contributed by atoms with Gasteiger partial charge in [0.2, 0.25) is 0 Å². The molecule has 1 aromatic heterocycles. The minimum absolute atomic E-state index is 0.186. The second-order valence-electron chi connectivity index (χ2n) is 5.28. The summed E-state index contributed by atoms with van der Waals surface area (Å²) in [5.41, 5.74) is 0.675. The van der Waals surface area contributed by atoms with Crippen molar-refractivity contribution in [1.29, 1.82) is 0 Å². The summed E-state index contributed by atoms with van der Waals surface area (Å²) < 4.78 is 23.7. The Morgan fingerprint density at radius 1 is 1.08 bits per heavy atom. The maximum absolute atomic E-state index is 12.9. The first-order chi connectivity index (χ1) is 12.1. The second kappa shape index (κ2) is 7.85. The molecule has 0 spiro atoms. The molecule has 0 aliphatic heterocycles. The van der Waals surface area contributed by atoms with Crippen LogP contribution in [0.15, 0.2) is 71.3 Å². The summed E-state index contributed by atoms with van der Waals surface area (Å²) in [5.74, 6) is 0.441. The molecule has 0 saturated carbocycles. The molecule has 6 heteroatoms. The number of halogens is 2. The molecule has 0 aliphatic carbocycles. The van der Waals surface area contributed by atoms with Gasteiger partial charge in [-0.1, -0.05) is 11.6 Å². The third-order valence-corrected chi connectivity index (χ3v) is 3.76. The molecule has 4 nitrogen and oxygen atoms in total. The fourth-order valence-electron chi connectivity index (χ4n) is 2.26. The molecular formula is C19H15ClFNO3. The Morgan fingerprint density at radius 3 is 2.44 bits per heavy atom. The van der Waals surface area contributed by atoms with E-state index >= 15 is 0 Å². The zero-order valence-corrected chi connectivity index (χ0v) is 13.9. The summed E-state index contributed by atoms with van der Waals surface area (Å²) in [6.45, 7) is 0.0786. The quantitative estimate of drug-likeness (QED) is 0.641. The number of amides is 1. The minimum Gasteiger partial charge on any atom is -0.484 e. The van der Waals surface area contributed by atoms with Crippen LogP contribution in [0.4, 0.5) is 10.1 Å². The van der Waals surface area contributed by atoms with Gasteiger partial charge in [-0.3, -0.25) is 4.79 Å². The van der Waals surface area contributed by atoms with E-state index in [1.54, 1.807) is 47.6 Å². The van der Waals surface area contributed by atoms with Gasteiger partial charge in [0.25, 0.3) is 5.91 Å². The number of hydrogen-bond donors (Lipinski definition) is 0. The number of carbonyl (C=O) groups excluding carboxylic acids is 1. The zero-order valence-electron chi connectivity index (χ0n) is 13.2. The largest absolute Gasteiger partial charge is 0.484 e. The summed E-state index contributed by atoms with van der Waals surface area (Å²) in [6.07, 6.45) is 1.55. The number of benzene rings is 2. The number of anilines is 1. The molecule has 25 heavy (non-hydrogen) atoms. The van der Waals surface area contributed by atoms with Crippen molar-refractivity contribution in [3.63, 3.8) is 0 Å². The number of hydrogen-bond acceptors (Lipinski definition) is 3. The molecule has 1 heterocycles. The van der Waals surface area contributed by atoms with Crippen LogP contribution >= 0.6 is 11.6 Å². The monoisotopic (exact) mass is 359 g/mol. The van der Waals surface area contributed by atoms with Gasteiger partial charge in [0.15, 0.2) is 6.61 Å². The SMILES string of the molecule is O=C(COc1ccc(F)cc1)N(Cc1ccco1)c1ccc(Cl)cc1. The maximum atomic E-state index is 12.9. The molecule has 3 aromatic rings. The van der Waals surface area contributed by atoms with Crippen molar-refractivity contribution in [2.24, 2.45) is 0 Å². The van der Waals surface area contributed by atoms with E-state index in [9.17, 15) is 9.18 Å². The molecule has 0 fully saturated rings. The highest BCUT2D eigenvalue weighted by Crippen LogP contribution is 2.21. The lowest BCUT2D eigenvalue weighted by atomic mass is 10.2. The molecule has 2 aromatic carbocycles. The lowest BCUT2D eigenvalue weighted by Crippen LogP contribution is -2.34. The zero-order chi connectivity index (χ0) is 17.6. The Bertz CT molecular complexity index is 817. The van der Waals surface area contributed by atoms with Crippen molar-refractivity contribution >= 4 is 23.2 Å². The van der Waals surface area contributed by atoms with Gasteiger partial charge in [-0.15, -0.1) is 0 Å². The van der Waals surface area contributed by atoms with E-state index in [2.05, 4.69) is 0 Å². The number of ether oxygens (including phenoxy) is 1. The van der Waals surface area contributed by atoms with Crippen molar-refractivity contribution in [3.05, 3.63) is 83.5 Å². The van der Waals surface area contributed by atoms with E-state index < -0.39 is 0 Å². The Labute approximate surface area is 149 Å². The topological polar surface area (TPSA) is 42.7 Å². The summed E-state index contributed by atoms with van der Waals surface area (Å²) in [6, 6.07) is 16.0. The van der Waals surface area contributed by atoms with Gasteiger partial charge in [-0.05, 0) is 60.7 Å². The van der Waals surface area contributed by atoms with Gasteiger partial charge in [0.1, 0.15) is 17.3 Å². The van der Waals surface area contributed by atoms with Crippen molar-refractivity contribution in [3.8, 4) is 5.75 Å². The predicted octanol–water partition coefficient (Wildman–Crippen LogP) is 4.68. The Balaban J connectivity index is 1.74. The third kappa shape index (κ3) is 4.61. The van der Waals surface area contributed by atoms with Gasteiger partial charge in [0, 0.05) is 10.7 Å². The lowest BCUT2D eigenvalue weighted by Gasteiger charge is -2.22. The van der Waals surface area contributed by atoms with Crippen LogP contribution in [0.2, 0.25) is 5.02 Å². The summed E-state index contributed by atoms with van der Waals surface area (Å²) in [5, 5.41) is 0.580. The average molecular weight is 360 g/mol. The molecule has 128 valence electrons. The molecule has 0 bridgehead atoms. The standard InChI is InChI=1S/C19H15ClFNO3/c20-14-3-7-16(8-4-14)22(12-18-2-1-11-24-18)19(23)13-25-17-9-5-15(21)6-10-17/h1-11H,12-13H2. The van der Waals surface area contributed by atoms with Crippen molar-refractivity contribution in [1.82, 2.24) is 0 Å². The number of nitrogens with zero attached hydrogens (tertiary/aromatic N) is 1. The minimum atomic E-state index is -0.362. The van der Waals surface area contributed by atoms with Crippen LogP contribution in [0.1, 0.15) is 5.76 Å². The van der Waals surface area contributed by atoms with Gasteiger partial charge in [0.05, 0.1) is 12.8 Å². The van der Waals surface area contributed by atoms with Crippen LogP contribution in [-0.4, -0.2) is 12.5 Å². The van der Waals surface area contributed by atoms with Gasteiger partial charge >= 0.3 is 0 Å². The highest BCUT2D eigenvalue weighted by Gasteiger charge is 2.18. The fourth-order valence-corrected chi connectivity index (χ4v) is 2.38. The molecule has 0 N–H and O–H groups in total. The fraction of sp³-hybridized carbons (Fsp3) is 0.105. The van der Waals surface area contributed by atoms with Crippen molar-refractivity contribution in [2.45, 2.75) is 6.54 Å². The van der Waals surface area contributed by atoms with Crippen LogP contribution < -0.4 is 9.64 Å².